The van der Waals surface area contributed by atoms with Crippen LogP contribution in [0.25, 0.3) is 10.9 Å². The number of aromatic amines is 1. The van der Waals surface area contributed by atoms with Crippen LogP contribution in [0.4, 0.5) is 4.79 Å². The molecule has 0 radical (unpaired) electrons. The molecule has 0 saturated carbocycles. The fraction of sp³-hybridized carbons (Fsp3) is 0.214. The lowest BCUT2D eigenvalue weighted by Crippen LogP contribution is -2.51. The van der Waals surface area contributed by atoms with Crippen LogP contribution in [0.2, 0.25) is 0 Å². The molecule has 4 rings (SSSR count). The van der Waals surface area contributed by atoms with E-state index in [1.54, 1.807) is 0 Å². The number of hydrogen-bond donors (Lipinski definition) is 3. The minimum absolute atomic E-state index is 0.112. The molecule has 4 aromatic rings. The van der Waals surface area contributed by atoms with Gasteiger partial charge in [-0.1, -0.05) is 85.8 Å². The largest absolute Gasteiger partial charge is 0.465 e. The van der Waals surface area contributed by atoms with E-state index < -0.39 is 12.1 Å². The second-order valence-electron chi connectivity index (χ2n) is 8.56. The quantitative estimate of drug-likeness (QED) is 0.319. The van der Waals surface area contributed by atoms with Gasteiger partial charge in [-0.2, -0.15) is 0 Å². The molecule has 174 valence electrons. The van der Waals surface area contributed by atoms with E-state index in [4.69, 9.17) is 0 Å². The predicted octanol–water partition coefficient (Wildman–Crippen LogP) is 5.70. The van der Waals surface area contributed by atoms with Crippen LogP contribution in [0.3, 0.4) is 0 Å². The number of aromatic nitrogens is 1. The Labute approximate surface area is 199 Å². The Hall–Kier alpha value is -4.06. The third-order valence-corrected chi connectivity index (χ3v) is 6.29. The van der Waals surface area contributed by atoms with E-state index in [-0.39, 0.29) is 24.4 Å². The number of nitrogens with zero attached hydrogens (tertiary/aromatic N) is 1. The Morgan fingerprint density at radius 1 is 0.912 bits per heavy atom. The summed E-state index contributed by atoms with van der Waals surface area (Å²) in [6.07, 6.45) is 0.738. The van der Waals surface area contributed by atoms with Gasteiger partial charge >= 0.3 is 6.09 Å². The molecular formula is C28H29N3O3. The number of amides is 2. The van der Waals surface area contributed by atoms with E-state index in [9.17, 15) is 14.7 Å². The molecule has 0 fully saturated rings. The highest BCUT2D eigenvalue weighted by molar-refractivity contribution is 5.89. The first-order valence-corrected chi connectivity index (χ1v) is 11.4. The summed E-state index contributed by atoms with van der Waals surface area (Å²) >= 11 is 0. The van der Waals surface area contributed by atoms with Crippen LogP contribution in [0, 0.1) is 0 Å². The normalized spacial score (nSPS) is 13.7. The van der Waals surface area contributed by atoms with Crippen LogP contribution in [-0.4, -0.2) is 33.0 Å². The van der Waals surface area contributed by atoms with E-state index >= 15 is 0 Å². The number of carboxylic acid groups (broad SMARTS) is 1. The second kappa shape index (κ2) is 10.3. The molecule has 1 heterocycles. The molecule has 2 amide bonds. The number of rotatable bonds is 8. The summed E-state index contributed by atoms with van der Waals surface area (Å²) in [4.78, 5) is 30.7. The molecule has 2 unspecified atom stereocenters. The number of para-hydroxylation sites is 1. The van der Waals surface area contributed by atoms with Crippen molar-refractivity contribution in [3.63, 3.8) is 0 Å². The molecular weight excluding hydrogens is 426 g/mol. The third-order valence-electron chi connectivity index (χ3n) is 6.29. The number of nitrogens with one attached hydrogen (secondary N) is 2. The first-order chi connectivity index (χ1) is 16.5. The second-order valence-corrected chi connectivity index (χ2v) is 8.56. The molecule has 0 aliphatic heterocycles. The monoisotopic (exact) mass is 455 g/mol. The van der Waals surface area contributed by atoms with Gasteiger partial charge in [-0.25, -0.2) is 4.79 Å². The smallest absolute Gasteiger partial charge is 0.408 e. The molecule has 3 aromatic carbocycles. The van der Waals surface area contributed by atoms with Crippen LogP contribution in [-0.2, 0) is 11.3 Å². The van der Waals surface area contributed by atoms with Crippen LogP contribution in [0.5, 0.6) is 0 Å². The van der Waals surface area contributed by atoms with Gasteiger partial charge in [0, 0.05) is 29.6 Å². The summed E-state index contributed by atoms with van der Waals surface area (Å²) in [6.45, 7) is 3.93. The van der Waals surface area contributed by atoms with Crippen LogP contribution in [0.1, 0.15) is 42.5 Å². The molecule has 6 heteroatoms. The summed E-state index contributed by atoms with van der Waals surface area (Å²) < 4.78 is 0. The topological polar surface area (TPSA) is 85.4 Å². The van der Waals surface area contributed by atoms with Crippen molar-refractivity contribution in [2.45, 2.75) is 38.4 Å². The van der Waals surface area contributed by atoms with Crippen molar-refractivity contribution in [2.24, 2.45) is 0 Å². The summed E-state index contributed by atoms with van der Waals surface area (Å²) in [5.41, 5.74) is 3.64. The maximum atomic E-state index is 13.7. The van der Waals surface area contributed by atoms with Gasteiger partial charge in [0.15, 0.2) is 0 Å². The molecule has 0 aliphatic carbocycles. The van der Waals surface area contributed by atoms with E-state index in [1.807, 2.05) is 105 Å². The molecule has 6 nitrogen and oxygen atoms in total. The van der Waals surface area contributed by atoms with E-state index in [0.29, 0.717) is 0 Å². The van der Waals surface area contributed by atoms with E-state index in [0.717, 1.165) is 27.6 Å². The maximum Gasteiger partial charge on any atom is 0.408 e. The van der Waals surface area contributed by atoms with Crippen molar-refractivity contribution < 1.29 is 14.7 Å². The Bertz CT molecular complexity index is 1250. The zero-order chi connectivity index (χ0) is 24.1. The van der Waals surface area contributed by atoms with Gasteiger partial charge in [0.2, 0.25) is 5.91 Å². The predicted molar refractivity (Wildman–Crippen MR) is 134 cm³/mol. The lowest BCUT2D eigenvalue weighted by Gasteiger charge is -2.34. The maximum absolute atomic E-state index is 13.7. The highest BCUT2D eigenvalue weighted by Crippen LogP contribution is 2.31. The van der Waals surface area contributed by atoms with Gasteiger partial charge in [0.25, 0.3) is 0 Å². The van der Waals surface area contributed by atoms with Crippen LogP contribution >= 0.6 is 0 Å². The number of H-pyrrole nitrogens is 1. The number of carbonyl (C=O) groups excluding carboxylic acids is 1. The molecule has 0 bridgehead atoms. The van der Waals surface area contributed by atoms with Crippen molar-refractivity contribution >= 4 is 22.9 Å². The van der Waals surface area contributed by atoms with Gasteiger partial charge in [0.05, 0.1) is 6.04 Å². The summed E-state index contributed by atoms with van der Waals surface area (Å²) in [5, 5.41) is 14.2. The summed E-state index contributed by atoms with van der Waals surface area (Å²) in [7, 11) is 0. The summed E-state index contributed by atoms with van der Waals surface area (Å²) in [6, 6.07) is 25.7. The Kier molecular flexibility index (Phi) is 6.97. The van der Waals surface area contributed by atoms with Gasteiger partial charge in [-0.3, -0.25) is 9.69 Å². The molecule has 0 aliphatic rings. The highest BCUT2D eigenvalue weighted by atomic mass is 16.4. The third kappa shape index (κ3) is 4.96. The van der Waals surface area contributed by atoms with Crippen molar-refractivity contribution in [2.75, 3.05) is 0 Å². The van der Waals surface area contributed by atoms with Gasteiger partial charge < -0.3 is 15.4 Å². The van der Waals surface area contributed by atoms with E-state index in [2.05, 4.69) is 10.3 Å². The number of fused-ring (bicyclic) bond motifs is 1. The molecule has 3 atom stereocenters. The Morgan fingerprint density at radius 3 is 2.21 bits per heavy atom. The Morgan fingerprint density at radius 2 is 1.53 bits per heavy atom. The molecule has 1 aromatic heterocycles. The van der Waals surface area contributed by atoms with Crippen molar-refractivity contribution in [3.8, 4) is 0 Å². The molecule has 3 N–H and O–H groups in total. The first kappa shape index (κ1) is 23.1. The molecule has 0 saturated heterocycles. The number of carbonyl (C=O) groups is 2. The standard InChI is InChI=1S/C28H29N3O3/c1-19(24-17-29-25-16-10-9-15-23(24)25)26(27(32)30-20(2)22-13-7-4-8-14-22)31(28(33)34)18-21-11-5-3-6-12-21/h3-17,19-20,26,29H,18H2,1-2H3,(H,30,32)(H,33,34)/t19?,20?,26-/m0/s1. The van der Waals surface area contributed by atoms with Crippen LogP contribution < -0.4 is 5.32 Å². The van der Waals surface area contributed by atoms with Crippen LogP contribution in [0.15, 0.2) is 91.1 Å². The van der Waals surface area contributed by atoms with Crippen molar-refractivity contribution in [1.82, 2.24) is 15.2 Å². The lowest BCUT2D eigenvalue weighted by atomic mass is 9.90. The first-order valence-electron chi connectivity index (χ1n) is 11.4. The van der Waals surface area contributed by atoms with Gasteiger partial charge in [-0.05, 0) is 29.7 Å². The molecule has 0 spiro atoms. The average molecular weight is 456 g/mol. The SMILES string of the molecule is CC(NC(=O)[C@H](C(C)c1c[nH]c2ccccc12)N(Cc1ccccc1)C(=O)O)c1ccccc1. The minimum atomic E-state index is -1.14. The van der Waals surface area contributed by atoms with Gasteiger partial charge in [0.1, 0.15) is 6.04 Å². The summed E-state index contributed by atoms with van der Waals surface area (Å²) in [5.74, 6) is -0.716. The zero-order valence-electron chi connectivity index (χ0n) is 19.3. The van der Waals surface area contributed by atoms with Gasteiger partial charge in [-0.15, -0.1) is 0 Å². The fourth-order valence-electron chi connectivity index (χ4n) is 4.47. The van der Waals surface area contributed by atoms with E-state index in [1.165, 1.54) is 4.90 Å². The number of hydrogen-bond acceptors (Lipinski definition) is 2. The average Bonchev–Trinajstić information content (AvgIpc) is 3.29. The number of benzene rings is 3. The van der Waals surface area contributed by atoms with Crippen molar-refractivity contribution in [3.05, 3.63) is 108 Å². The highest BCUT2D eigenvalue weighted by Gasteiger charge is 2.37. The molecule has 34 heavy (non-hydrogen) atoms. The zero-order valence-corrected chi connectivity index (χ0v) is 19.3. The Balaban J connectivity index is 1.71. The minimum Gasteiger partial charge on any atom is -0.465 e. The van der Waals surface area contributed by atoms with Crippen molar-refractivity contribution in [1.29, 1.82) is 0 Å². The lowest BCUT2D eigenvalue weighted by molar-refractivity contribution is -0.127. The fourth-order valence-corrected chi connectivity index (χ4v) is 4.47.